The summed E-state index contributed by atoms with van der Waals surface area (Å²) >= 11 is 5.73. The highest BCUT2D eigenvalue weighted by atomic mass is 32.1. The van der Waals surface area contributed by atoms with Crippen molar-refractivity contribution in [1.82, 2.24) is 14.9 Å². The van der Waals surface area contributed by atoms with Gasteiger partial charge in [-0.05, 0) is 73.6 Å². The maximum Gasteiger partial charge on any atom is 0.174 e. The molecule has 0 radical (unpaired) electrons. The van der Waals surface area contributed by atoms with Crippen LogP contribution in [0.5, 0.6) is 0 Å². The van der Waals surface area contributed by atoms with E-state index >= 15 is 0 Å². The summed E-state index contributed by atoms with van der Waals surface area (Å²) in [4.78, 5) is 6.65. The second-order valence-electron chi connectivity index (χ2n) is 7.69. The van der Waals surface area contributed by atoms with Crippen molar-refractivity contribution < 1.29 is 9.13 Å². The molecule has 0 saturated carbocycles. The van der Waals surface area contributed by atoms with Crippen molar-refractivity contribution >= 4 is 23.0 Å². The molecular weight excluding hydrogens is 399 g/mol. The van der Waals surface area contributed by atoms with Gasteiger partial charge in [-0.15, -0.1) is 0 Å². The number of aromatic nitrogens is 2. The second kappa shape index (κ2) is 8.16. The molecule has 5 nitrogen and oxygen atoms in total. The maximum atomic E-state index is 13.6. The summed E-state index contributed by atoms with van der Waals surface area (Å²) in [6, 6.07) is 16.3. The van der Waals surface area contributed by atoms with E-state index in [0.29, 0.717) is 5.11 Å². The zero-order chi connectivity index (χ0) is 20.5. The van der Waals surface area contributed by atoms with E-state index < -0.39 is 0 Å². The first-order chi connectivity index (χ1) is 14.7. The van der Waals surface area contributed by atoms with Crippen molar-refractivity contribution in [2.45, 2.75) is 37.6 Å². The van der Waals surface area contributed by atoms with Crippen LogP contribution < -0.4 is 10.2 Å². The fourth-order valence-corrected chi connectivity index (χ4v) is 4.75. The lowest BCUT2D eigenvalue weighted by Gasteiger charge is -2.29. The van der Waals surface area contributed by atoms with E-state index in [1.165, 1.54) is 12.1 Å². The Balaban J connectivity index is 1.57. The first-order valence-electron chi connectivity index (χ1n) is 10.2. The number of anilines is 1. The van der Waals surface area contributed by atoms with Crippen LogP contribution in [0.4, 0.5) is 10.1 Å². The predicted octanol–water partition coefficient (Wildman–Crippen LogP) is 4.38. The molecule has 4 heterocycles. The SMILES string of the molecule is Fc1ccc(N2C(=S)N[C@H](c3ccccn3)[C@@H]2c2cccn2C[C@H]2CCCO2)cc1. The zero-order valence-corrected chi connectivity index (χ0v) is 17.3. The molecule has 2 aromatic heterocycles. The molecule has 2 saturated heterocycles. The molecule has 5 rings (SSSR count). The smallest absolute Gasteiger partial charge is 0.174 e. The Labute approximate surface area is 180 Å². The Morgan fingerprint density at radius 3 is 2.73 bits per heavy atom. The third kappa shape index (κ3) is 3.59. The van der Waals surface area contributed by atoms with Gasteiger partial charge in [0.1, 0.15) is 11.9 Å². The molecule has 0 bridgehead atoms. The van der Waals surface area contributed by atoms with Crippen molar-refractivity contribution in [1.29, 1.82) is 0 Å². The van der Waals surface area contributed by atoms with Crippen LogP contribution in [0.3, 0.4) is 0 Å². The van der Waals surface area contributed by atoms with Gasteiger partial charge in [-0.1, -0.05) is 6.07 Å². The molecule has 0 amide bonds. The number of hydrogen-bond donors (Lipinski definition) is 1. The zero-order valence-electron chi connectivity index (χ0n) is 16.4. The maximum absolute atomic E-state index is 13.6. The third-order valence-electron chi connectivity index (χ3n) is 5.79. The topological polar surface area (TPSA) is 42.3 Å². The van der Waals surface area contributed by atoms with Crippen LogP contribution in [0.2, 0.25) is 0 Å². The number of pyridine rings is 1. The molecule has 7 heteroatoms. The van der Waals surface area contributed by atoms with Gasteiger partial charge in [0.05, 0.1) is 17.8 Å². The van der Waals surface area contributed by atoms with Gasteiger partial charge >= 0.3 is 0 Å². The van der Waals surface area contributed by atoms with Gasteiger partial charge < -0.3 is 19.5 Å². The molecule has 0 aliphatic carbocycles. The Bertz CT molecular complexity index is 1020. The molecule has 3 atom stereocenters. The van der Waals surface area contributed by atoms with E-state index in [1.54, 1.807) is 18.3 Å². The number of rotatable bonds is 5. The number of nitrogens with one attached hydrogen (secondary N) is 1. The molecule has 1 N–H and O–H groups in total. The Morgan fingerprint density at radius 2 is 2.00 bits per heavy atom. The highest BCUT2D eigenvalue weighted by Gasteiger charge is 2.42. The van der Waals surface area contributed by atoms with Gasteiger partial charge in [0.25, 0.3) is 0 Å². The van der Waals surface area contributed by atoms with Crippen molar-refractivity contribution in [3.05, 3.63) is 84.2 Å². The lowest BCUT2D eigenvalue weighted by molar-refractivity contribution is 0.0961. The van der Waals surface area contributed by atoms with Gasteiger partial charge in [0, 0.05) is 36.9 Å². The van der Waals surface area contributed by atoms with E-state index in [2.05, 4.69) is 38.1 Å². The summed E-state index contributed by atoms with van der Waals surface area (Å²) in [5.41, 5.74) is 2.89. The summed E-state index contributed by atoms with van der Waals surface area (Å²) in [6.07, 6.45) is 6.30. The van der Waals surface area contributed by atoms with E-state index in [-0.39, 0.29) is 24.0 Å². The Morgan fingerprint density at radius 1 is 1.13 bits per heavy atom. The summed E-state index contributed by atoms with van der Waals surface area (Å²) in [5, 5.41) is 4.05. The Hall–Kier alpha value is -2.77. The molecule has 0 spiro atoms. The molecule has 2 aliphatic rings. The van der Waals surface area contributed by atoms with E-state index in [1.807, 2.05) is 18.2 Å². The van der Waals surface area contributed by atoms with Gasteiger partial charge in [0.15, 0.2) is 5.11 Å². The number of benzene rings is 1. The van der Waals surface area contributed by atoms with Crippen molar-refractivity contribution in [2.24, 2.45) is 0 Å². The molecule has 3 aromatic rings. The van der Waals surface area contributed by atoms with Gasteiger partial charge in [-0.2, -0.15) is 0 Å². The summed E-state index contributed by atoms with van der Waals surface area (Å²) in [5.74, 6) is -0.267. The van der Waals surface area contributed by atoms with Crippen molar-refractivity contribution in [2.75, 3.05) is 11.5 Å². The molecule has 2 fully saturated rings. The van der Waals surface area contributed by atoms with Crippen molar-refractivity contribution in [3.63, 3.8) is 0 Å². The van der Waals surface area contributed by atoms with Crippen LogP contribution in [0.15, 0.2) is 67.0 Å². The summed E-state index contributed by atoms with van der Waals surface area (Å²) < 4.78 is 21.7. The monoisotopic (exact) mass is 422 g/mol. The molecule has 30 heavy (non-hydrogen) atoms. The predicted molar refractivity (Wildman–Crippen MR) is 118 cm³/mol. The molecule has 2 aliphatic heterocycles. The van der Waals surface area contributed by atoms with Gasteiger partial charge in [-0.3, -0.25) is 4.98 Å². The Kier molecular flexibility index (Phi) is 5.23. The quantitative estimate of drug-likeness (QED) is 0.618. The highest BCUT2D eigenvalue weighted by Crippen LogP contribution is 2.41. The minimum Gasteiger partial charge on any atom is -0.376 e. The summed E-state index contributed by atoms with van der Waals surface area (Å²) in [7, 11) is 0. The van der Waals surface area contributed by atoms with Crippen LogP contribution in [0.1, 0.15) is 36.3 Å². The van der Waals surface area contributed by atoms with E-state index in [9.17, 15) is 4.39 Å². The number of thiocarbonyl (C=S) groups is 1. The minimum atomic E-state index is -0.267. The van der Waals surface area contributed by atoms with Crippen LogP contribution in [-0.2, 0) is 11.3 Å². The standard InChI is InChI=1S/C23H23FN4OS/c24-16-8-10-17(11-9-16)28-22(21(26-23(28)30)19-6-1-2-12-25-19)20-7-3-13-27(20)15-18-5-4-14-29-18/h1-3,6-13,18,21-22H,4-5,14-15H2,(H,26,30)/t18-,21-,22+/m1/s1. The number of nitrogens with zero attached hydrogens (tertiary/aromatic N) is 3. The molecule has 1 aromatic carbocycles. The molecular formula is C23H23FN4OS. The lowest BCUT2D eigenvalue weighted by Crippen LogP contribution is -2.31. The number of hydrogen-bond acceptors (Lipinski definition) is 3. The van der Waals surface area contributed by atoms with E-state index in [4.69, 9.17) is 17.0 Å². The van der Waals surface area contributed by atoms with Gasteiger partial charge in [-0.25, -0.2) is 4.39 Å². The number of halogens is 1. The minimum absolute atomic E-state index is 0.116. The molecule has 154 valence electrons. The normalized spacial score (nSPS) is 23.7. The first kappa shape index (κ1) is 19.2. The average molecular weight is 423 g/mol. The van der Waals surface area contributed by atoms with Crippen LogP contribution in [0.25, 0.3) is 0 Å². The first-order valence-corrected chi connectivity index (χ1v) is 10.6. The third-order valence-corrected chi connectivity index (χ3v) is 6.11. The highest BCUT2D eigenvalue weighted by molar-refractivity contribution is 7.80. The largest absolute Gasteiger partial charge is 0.376 e. The van der Waals surface area contributed by atoms with Crippen LogP contribution in [0, 0.1) is 5.82 Å². The van der Waals surface area contributed by atoms with E-state index in [0.717, 1.165) is 43.1 Å². The summed E-state index contributed by atoms with van der Waals surface area (Å²) in [6.45, 7) is 1.63. The fraction of sp³-hybridized carbons (Fsp3) is 0.304. The van der Waals surface area contributed by atoms with Gasteiger partial charge in [0.2, 0.25) is 0 Å². The average Bonchev–Trinajstić information content (AvgIpc) is 3.50. The lowest BCUT2D eigenvalue weighted by atomic mass is 10.0. The van der Waals surface area contributed by atoms with Crippen LogP contribution >= 0.6 is 12.2 Å². The van der Waals surface area contributed by atoms with Crippen molar-refractivity contribution in [3.8, 4) is 0 Å². The number of ether oxygens (including phenoxy) is 1. The molecule has 0 unspecified atom stereocenters. The second-order valence-corrected chi connectivity index (χ2v) is 8.08. The fourth-order valence-electron chi connectivity index (χ4n) is 4.40. The van der Waals surface area contributed by atoms with Crippen LogP contribution in [-0.4, -0.2) is 27.4 Å².